The zero-order valence-corrected chi connectivity index (χ0v) is 6.37. The van der Waals surface area contributed by atoms with Gasteiger partial charge in [0.05, 0.1) is 5.88 Å². The molecule has 0 bridgehead atoms. The predicted octanol–water partition coefficient (Wildman–Crippen LogP) is 0.843. The van der Waals surface area contributed by atoms with Gasteiger partial charge in [-0.15, -0.1) is 16.1 Å². The Hall–Kier alpha value is -0.160. The maximum absolute atomic E-state index is 10.7. The van der Waals surface area contributed by atoms with E-state index >= 15 is 0 Å². The van der Waals surface area contributed by atoms with Crippen molar-refractivity contribution in [2.45, 2.75) is 0 Å². The van der Waals surface area contributed by atoms with Gasteiger partial charge in [-0.2, -0.15) is 0 Å². The normalized spacial score (nSPS) is 18.0. The van der Waals surface area contributed by atoms with E-state index in [1.807, 2.05) is 0 Å². The fraction of sp³-hybridized carbons (Fsp3) is 0.750. The molecular formula is C4H6N2OS2. The fourth-order valence-electron chi connectivity index (χ4n) is 0.623. The fourth-order valence-corrected chi connectivity index (χ4v) is 1.68. The molecule has 0 unspecified atom stereocenters. The summed E-state index contributed by atoms with van der Waals surface area (Å²) in [5.74, 6) is 1.76. The molecule has 2 amide bonds. The smallest absolute Gasteiger partial charge is 0.312 e. The third-order valence-electron chi connectivity index (χ3n) is 1.10. The van der Waals surface area contributed by atoms with Crippen molar-refractivity contribution in [2.75, 3.05) is 18.2 Å². The van der Waals surface area contributed by atoms with Crippen LogP contribution in [-0.2, 0) is 12.4 Å². The molecular weight excluding hydrogens is 156 g/mol. The van der Waals surface area contributed by atoms with Crippen molar-refractivity contribution in [1.29, 1.82) is 0 Å². The molecule has 0 aromatic carbocycles. The van der Waals surface area contributed by atoms with Crippen LogP contribution in [0.25, 0.3) is 0 Å². The second-order valence-corrected chi connectivity index (χ2v) is 2.93. The molecule has 1 fully saturated rings. The molecule has 50 valence electrons. The number of nitrogens with zero attached hydrogens (tertiary/aromatic N) is 2. The Labute approximate surface area is 63.0 Å². The van der Waals surface area contributed by atoms with Crippen molar-refractivity contribution in [3.8, 4) is 0 Å². The van der Waals surface area contributed by atoms with Crippen molar-refractivity contribution < 1.29 is 4.79 Å². The highest BCUT2D eigenvalue weighted by Crippen LogP contribution is 2.13. The number of carbonyl (C=O) groups excluding carboxylic acids is 1. The van der Waals surface area contributed by atoms with Crippen molar-refractivity contribution >= 4 is 30.2 Å². The highest BCUT2D eigenvalue weighted by atomic mass is 32.2. The van der Waals surface area contributed by atoms with E-state index < -0.39 is 0 Å². The molecule has 1 aliphatic heterocycles. The Morgan fingerprint density at radius 2 is 2.56 bits per heavy atom. The van der Waals surface area contributed by atoms with E-state index in [1.54, 1.807) is 16.7 Å². The molecule has 0 saturated carbocycles. The number of carbonyl (C=O) groups is 1. The lowest BCUT2D eigenvalue weighted by molar-refractivity contribution is 0.222. The van der Waals surface area contributed by atoms with Gasteiger partial charge in [0.15, 0.2) is 0 Å². The molecule has 1 aliphatic rings. The Morgan fingerprint density at radius 3 is 3.00 bits per heavy atom. The lowest BCUT2D eigenvalue weighted by Crippen LogP contribution is -2.23. The SMILES string of the molecule is O=C(N=S)N1CCSC1. The summed E-state index contributed by atoms with van der Waals surface area (Å²) in [6.45, 7) is 0.795. The van der Waals surface area contributed by atoms with Crippen molar-refractivity contribution in [3.05, 3.63) is 0 Å². The third kappa shape index (κ3) is 1.62. The maximum Gasteiger partial charge on any atom is 0.355 e. The average molecular weight is 162 g/mol. The number of hydrogen-bond acceptors (Lipinski definition) is 3. The molecule has 0 radical (unpaired) electrons. The molecule has 0 spiro atoms. The lowest BCUT2D eigenvalue weighted by atomic mass is 10.6. The van der Waals surface area contributed by atoms with Gasteiger partial charge < -0.3 is 4.90 Å². The van der Waals surface area contributed by atoms with E-state index in [0.29, 0.717) is 0 Å². The lowest BCUT2D eigenvalue weighted by Gasteiger charge is -2.07. The molecule has 1 heterocycles. The predicted molar refractivity (Wildman–Crippen MR) is 39.2 cm³/mol. The number of amides is 2. The number of hydrogen-bond donors (Lipinski definition) is 0. The first kappa shape index (κ1) is 6.95. The van der Waals surface area contributed by atoms with Crippen LogP contribution in [-0.4, -0.2) is 29.1 Å². The second-order valence-electron chi connectivity index (χ2n) is 1.67. The summed E-state index contributed by atoms with van der Waals surface area (Å²) in [5, 5.41) is 0. The van der Waals surface area contributed by atoms with E-state index in [0.717, 1.165) is 18.2 Å². The zero-order valence-electron chi connectivity index (χ0n) is 4.74. The van der Waals surface area contributed by atoms with Crippen molar-refractivity contribution in [1.82, 2.24) is 4.90 Å². The molecule has 9 heavy (non-hydrogen) atoms. The molecule has 0 aromatic rings. The summed E-state index contributed by atoms with van der Waals surface area (Å²) >= 11 is 5.96. The molecule has 1 saturated heterocycles. The summed E-state index contributed by atoms with van der Waals surface area (Å²) in [5.41, 5.74) is 0. The number of thioether (sulfide) groups is 1. The van der Waals surface area contributed by atoms with E-state index in [1.165, 1.54) is 0 Å². The number of rotatable bonds is 0. The highest BCUT2D eigenvalue weighted by molar-refractivity contribution is 7.99. The van der Waals surface area contributed by atoms with Crippen LogP contribution in [0.3, 0.4) is 0 Å². The Morgan fingerprint density at radius 1 is 1.78 bits per heavy atom. The van der Waals surface area contributed by atoms with Gasteiger partial charge in [-0.1, -0.05) is 0 Å². The Balaban J connectivity index is 2.41. The van der Waals surface area contributed by atoms with Gasteiger partial charge >= 0.3 is 6.03 Å². The minimum atomic E-state index is -0.269. The first-order valence-corrected chi connectivity index (χ1v) is 4.06. The summed E-state index contributed by atoms with van der Waals surface area (Å²) in [4.78, 5) is 12.3. The topological polar surface area (TPSA) is 32.7 Å². The average Bonchev–Trinajstić information content (AvgIpc) is 2.37. The van der Waals surface area contributed by atoms with Crippen LogP contribution in [0.1, 0.15) is 0 Å². The van der Waals surface area contributed by atoms with Gasteiger partial charge in [-0.05, 0) is 0 Å². The maximum atomic E-state index is 10.7. The van der Waals surface area contributed by atoms with E-state index in [-0.39, 0.29) is 6.03 Å². The van der Waals surface area contributed by atoms with Crippen LogP contribution >= 0.6 is 11.8 Å². The molecule has 3 nitrogen and oxygen atoms in total. The van der Waals surface area contributed by atoms with Crippen molar-refractivity contribution in [3.63, 3.8) is 0 Å². The summed E-state index contributed by atoms with van der Waals surface area (Å²) < 4.78 is 3.13. The minimum Gasteiger partial charge on any atom is -0.312 e. The van der Waals surface area contributed by atoms with Crippen LogP contribution in [0, 0.1) is 0 Å². The van der Waals surface area contributed by atoms with Gasteiger partial charge in [0, 0.05) is 24.7 Å². The van der Waals surface area contributed by atoms with E-state index in [2.05, 4.69) is 16.8 Å². The van der Waals surface area contributed by atoms with Crippen LogP contribution in [0.2, 0.25) is 0 Å². The Kier molecular flexibility index (Phi) is 2.41. The largest absolute Gasteiger partial charge is 0.355 e. The quantitative estimate of drug-likeness (QED) is 0.529. The van der Waals surface area contributed by atoms with Gasteiger partial charge in [0.2, 0.25) is 0 Å². The molecule has 1 rings (SSSR count). The Bertz CT molecular complexity index is 133. The molecule has 5 heteroatoms. The van der Waals surface area contributed by atoms with Gasteiger partial charge in [0.25, 0.3) is 0 Å². The second kappa shape index (κ2) is 3.12. The van der Waals surface area contributed by atoms with E-state index in [4.69, 9.17) is 0 Å². The highest BCUT2D eigenvalue weighted by Gasteiger charge is 2.16. The molecule has 0 atom stereocenters. The molecule has 0 N–H and O–H groups in total. The van der Waals surface area contributed by atoms with Gasteiger partial charge in [0.1, 0.15) is 0 Å². The van der Waals surface area contributed by atoms with Gasteiger partial charge in [-0.3, -0.25) is 0 Å². The third-order valence-corrected chi connectivity index (χ3v) is 2.22. The minimum absolute atomic E-state index is 0.269. The standard InChI is InChI=1S/C4H6N2OS2/c7-4(5-8)6-1-2-9-3-6/h1-3H2. The summed E-state index contributed by atoms with van der Waals surface area (Å²) in [7, 11) is 0. The first-order valence-electron chi connectivity index (χ1n) is 2.54. The monoisotopic (exact) mass is 162 g/mol. The van der Waals surface area contributed by atoms with Crippen LogP contribution in [0.4, 0.5) is 4.79 Å². The number of urea groups is 1. The summed E-state index contributed by atoms with van der Waals surface area (Å²) in [6, 6.07) is -0.269. The van der Waals surface area contributed by atoms with Crippen LogP contribution in [0.5, 0.6) is 0 Å². The van der Waals surface area contributed by atoms with Crippen molar-refractivity contribution in [2.24, 2.45) is 4.36 Å². The van der Waals surface area contributed by atoms with Gasteiger partial charge in [-0.25, -0.2) is 4.79 Å². The molecule has 0 aliphatic carbocycles. The zero-order chi connectivity index (χ0) is 6.69. The first-order chi connectivity index (χ1) is 4.34. The van der Waals surface area contributed by atoms with Crippen LogP contribution < -0.4 is 0 Å². The van der Waals surface area contributed by atoms with E-state index in [9.17, 15) is 4.79 Å². The molecule has 0 aromatic heterocycles. The van der Waals surface area contributed by atoms with Crippen LogP contribution in [0.15, 0.2) is 4.36 Å². The summed E-state index contributed by atoms with van der Waals surface area (Å²) in [6.07, 6.45) is 0.